The summed E-state index contributed by atoms with van der Waals surface area (Å²) in [5.41, 5.74) is 3.48. The number of aromatic nitrogens is 3. The van der Waals surface area contributed by atoms with Crippen molar-refractivity contribution in [3.8, 4) is 5.69 Å². The van der Waals surface area contributed by atoms with E-state index in [0.29, 0.717) is 5.95 Å². The second kappa shape index (κ2) is 10.1. The third-order valence-electron chi connectivity index (χ3n) is 6.59. The van der Waals surface area contributed by atoms with Gasteiger partial charge in [-0.2, -0.15) is 4.98 Å². The number of nitrogens with one attached hydrogen (secondary N) is 1. The number of likely N-dealkylation sites (tertiary alicyclic amines) is 1. The summed E-state index contributed by atoms with van der Waals surface area (Å²) in [5, 5.41) is 7.56. The number of hydrogen-bond acceptors (Lipinski definition) is 6. The largest absolute Gasteiger partial charge is 0.369 e. The number of rotatable bonds is 7. The lowest BCUT2D eigenvalue weighted by Crippen LogP contribution is -2.48. The van der Waals surface area contributed by atoms with Gasteiger partial charge < -0.3 is 15.1 Å². The molecule has 0 atom stereocenters. The molecule has 9 heteroatoms. The Balaban J connectivity index is 1.21. The summed E-state index contributed by atoms with van der Waals surface area (Å²) >= 11 is 0. The molecular formula is C25H31F2N7. The van der Waals surface area contributed by atoms with Crippen LogP contribution in [0.3, 0.4) is 0 Å². The van der Waals surface area contributed by atoms with Crippen molar-refractivity contribution in [3.63, 3.8) is 0 Å². The van der Waals surface area contributed by atoms with E-state index in [-0.39, 0.29) is 5.69 Å². The first kappa shape index (κ1) is 22.7. The van der Waals surface area contributed by atoms with Crippen molar-refractivity contribution < 1.29 is 8.78 Å². The number of piperazine rings is 1. The molecule has 2 aromatic carbocycles. The Morgan fingerprint density at radius 1 is 0.794 bits per heavy atom. The third kappa shape index (κ3) is 5.53. The Bertz CT molecular complexity index is 1100. The second-order valence-electron chi connectivity index (χ2n) is 9.20. The summed E-state index contributed by atoms with van der Waals surface area (Å²) in [7, 11) is 0. The standard InChI is InChI=1S/C25H31F2N7/c1-19-12-22(29-25-28-18-34(30-25)24-15-20(26)14-21(27)16-24)17-23(13-19)33-10-8-32(9-11-33)7-6-31-4-2-3-5-31/h12-18H,2-11H2,1H3,(H,29,30). The molecule has 3 aromatic rings. The first-order valence-corrected chi connectivity index (χ1v) is 12.0. The molecule has 7 nitrogen and oxygen atoms in total. The van der Waals surface area contributed by atoms with Gasteiger partial charge in [-0.05, 0) is 68.8 Å². The zero-order chi connectivity index (χ0) is 23.5. The van der Waals surface area contributed by atoms with Gasteiger partial charge in [0.1, 0.15) is 18.0 Å². The van der Waals surface area contributed by atoms with Gasteiger partial charge in [-0.15, -0.1) is 5.10 Å². The number of benzene rings is 2. The number of anilines is 3. The minimum atomic E-state index is -0.653. The van der Waals surface area contributed by atoms with E-state index in [1.54, 1.807) is 0 Å². The molecule has 3 heterocycles. The van der Waals surface area contributed by atoms with Gasteiger partial charge in [-0.1, -0.05) is 0 Å². The molecule has 2 aliphatic heterocycles. The van der Waals surface area contributed by atoms with Gasteiger partial charge in [0.15, 0.2) is 0 Å². The Labute approximate surface area is 199 Å². The maximum Gasteiger partial charge on any atom is 0.246 e. The molecule has 0 amide bonds. The molecule has 0 spiro atoms. The normalized spacial score (nSPS) is 17.4. The van der Waals surface area contributed by atoms with Crippen LogP contribution in [0.2, 0.25) is 0 Å². The molecule has 1 aromatic heterocycles. The number of halogens is 2. The van der Waals surface area contributed by atoms with Gasteiger partial charge in [-0.3, -0.25) is 4.90 Å². The van der Waals surface area contributed by atoms with Crippen LogP contribution in [0.4, 0.5) is 26.1 Å². The van der Waals surface area contributed by atoms with Crippen molar-refractivity contribution in [2.75, 3.05) is 62.6 Å². The summed E-state index contributed by atoms with van der Waals surface area (Å²) in [6.45, 7) is 11.1. The molecule has 0 radical (unpaired) electrons. The van der Waals surface area contributed by atoms with Gasteiger partial charge >= 0.3 is 0 Å². The van der Waals surface area contributed by atoms with Gasteiger partial charge in [0.2, 0.25) is 5.95 Å². The van der Waals surface area contributed by atoms with Gasteiger partial charge in [0.25, 0.3) is 0 Å². The summed E-state index contributed by atoms with van der Waals surface area (Å²) in [6, 6.07) is 9.62. The molecule has 2 aliphatic rings. The van der Waals surface area contributed by atoms with Crippen LogP contribution in [0.1, 0.15) is 18.4 Å². The third-order valence-corrected chi connectivity index (χ3v) is 6.59. The minimum Gasteiger partial charge on any atom is -0.369 e. The van der Waals surface area contributed by atoms with Crippen molar-refractivity contribution in [1.82, 2.24) is 24.6 Å². The summed E-state index contributed by atoms with van der Waals surface area (Å²) in [4.78, 5) is 11.8. The maximum atomic E-state index is 13.5. The summed E-state index contributed by atoms with van der Waals surface area (Å²) in [6.07, 6.45) is 4.13. The summed E-state index contributed by atoms with van der Waals surface area (Å²) < 4.78 is 28.4. The highest BCUT2D eigenvalue weighted by atomic mass is 19.1. The highest BCUT2D eigenvalue weighted by Gasteiger charge is 2.19. The first-order valence-electron chi connectivity index (χ1n) is 12.0. The molecule has 2 saturated heterocycles. The van der Waals surface area contributed by atoms with Gasteiger partial charge in [-0.25, -0.2) is 13.5 Å². The molecule has 180 valence electrons. The van der Waals surface area contributed by atoms with Crippen LogP contribution in [0, 0.1) is 18.6 Å². The van der Waals surface area contributed by atoms with Crippen molar-refractivity contribution in [1.29, 1.82) is 0 Å². The predicted molar refractivity (Wildman–Crippen MR) is 130 cm³/mol. The van der Waals surface area contributed by atoms with E-state index in [4.69, 9.17) is 0 Å². The SMILES string of the molecule is Cc1cc(Nc2ncn(-c3cc(F)cc(F)c3)n2)cc(N2CCN(CCN3CCCC3)CC2)c1. The van der Waals surface area contributed by atoms with Crippen LogP contribution < -0.4 is 10.2 Å². The smallest absolute Gasteiger partial charge is 0.246 e. The van der Waals surface area contributed by atoms with E-state index in [1.165, 1.54) is 61.3 Å². The van der Waals surface area contributed by atoms with Crippen molar-refractivity contribution in [2.24, 2.45) is 0 Å². The van der Waals surface area contributed by atoms with Crippen LogP contribution >= 0.6 is 0 Å². The summed E-state index contributed by atoms with van der Waals surface area (Å²) in [5.74, 6) is -0.938. The van der Waals surface area contributed by atoms with Crippen LogP contribution in [0.15, 0.2) is 42.7 Å². The topological polar surface area (TPSA) is 52.5 Å². The van der Waals surface area contributed by atoms with Crippen LogP contribution in [0.5, 0.6) is 0 Å². The highest BCUT2D eigenvalue weighted by Crippen LogP contribution is 2.25. The quantitative estimate of drug-likeness (QED) is 0.570. The maximum absolute atomic E-state index is 13.5. The Morgan fingerprint density at radius 2 is 1.47 bits per heavy atom. The molecule has 0 aliphatic carbocycles. The molecular weight excluding hydrogens is 436 g/mol. The lowest BCUT2D eigenvalue weighted by Gasteiger charge is -2.37. The van der Waals surface area contributed by atoms with Crippen molar-refractivity contribution in [2.45, 2.75) is 19.8 Å². The number of nitrogens with zero attached hydrogens (tertiary/aromatic N) is 6. The van der Waals surface area contributed by atoms with Crippen LogP contribution in [0.25, 0.3) is 5.69 Å². The van der Waals surface area contributed by atoms with E-state index in [0.717, 1.165) is 50.0 Å². The Hall–Kier alpha value is -3.04. The van der Waals surface area contributed by atoms with E-state index >= 15 is 0 Å². The number of aryl methyl sites for hydroxylation is 1. The fraction of sp³-hybridized carbons (Fsp3) is 0.440. The van der Waals surface area contributed by atoms with E-state index in [1.807, 2.05) is 6.07 Å². The fourth-order valence-electron chi connectivity index (χ4n) is 4.78. The molecule has 0 bridgehead atoms. The lowest BCUT2D eigenvalue weighted by atomic mass is 10.1. The Morgan fingerprint density at radius 3 is 2.18 bits per heavy atom. The minimum absolute atomic E-state index is 0.283. The first-order chi connectivity index (χ1) is 16.5. The zero-order valence-electron chi connectivity index (χ0n) is 19.6. The van der Waals surface area contributed by atoms with E-state index < -0.39 is 11.6 Å². The lowest BCUT2D eigenvalue weighted by molar-refractivity contribution is 0.215. The fourth-order valence-corrected chi connectivity index (χ4v) is 4.78. The van der Waals surface area contributed by atoms with Gasteiger partial charge in [0, 0.05) is 56.7 Å². The molecule has 34 heavy (non-hydrogen) atoms. The molecule has 2 fully saturated rings. The molecule has 5 rings (SSSR count). The Kier molecular flexibility index (Phi) is 6.73. The average Bonchev–Trinajstić information content (AvgIpc) is 3.49. The monoisotopic (exact) mass is 467 g/mol. The predicted octanol–water partition coefficient (Wildman–Crippen LogP) is 3.82. The second-order valence-corrected chi connectivity index (χ2v) is 9.20. The van der Waals surface area contributed by atoms with Gasteiger partial charge in [0.05, 0.1) is 5.69 Å². The van der Waals surface area contributed by atoms with Crippen LogP contribution in [-0.4, -0.2) is 76.9 Å². The molecule has 1 N–H and O–H groups in total. The number of hydrogen-bond donors (Lipinski definition) is 1. The van der Waals surface area contributed by atoms with Crippen molar-refractivity contribution in [3.05, 3.63) is 59.9 Å². The van der Waals surface area contributed by atoms with Crippen LogP contribution in [-0.2, 0) is 0 Å². The zero-order valence-corrected chi connectivity index (χ0v) is 19.6. The van der Waals surface area contributed by atoms with E-state index in [2.05, 4.69) is 49.2 Å². The van der Waals surface area contributed by atoms with Crippen molar-refractivity contribution >= 4 is 17.3 Å². The average molecular weight is 468 g/mol. The molecule has 0 saturated carbocycles. The molecule has 0 unspecified atom stereocenters. The highest BCUT2D eigenvalue weighted by molar-refractivity contribution is 5.64. The van der Waals surface area contributed by atoms with E-state index in [9.17, 15) is 8.78 Å².